The zero-order valence-corrected chi connectivity index (χ0v) is 17.4. The third kappa shape index (κ3) is 6.03. The molecule has 0 spiro atoms. The van der Waals surface area contributed by atoms with Crippen molar-refractivity contribution in [1.82, 2.24) is 16.2 Å². The molecule has 2 aromatic rings. The highest BCUT2D eigenvalue weighted by Crippen LogP contribution is 2.21. The van der Waals surface area contributed by atoms with Crippen LogP contribution in [0.4, 0.5) is 10.1 Å². The Bertz CT molecular complexity index is 994. The van der Waals surface area contributed by atoms with E-state index in [1.807, 2.05) is 0 Å². The van der Waals surface area contributed by atoms with Crippen molar-refractivity contribution in [3.05, 3.63) is 59.9 Å². The fourth-order valence-corrected chi connectivity index (χ4v) is 3.02. The van der Waals surface area contributed by atoms with Crippen LogP contribution in [0.3, 0.4) is 0 Å². The molecule has 4 amide bonds. The first-order valence-corrected chi connectivity index (χ1v) is 10.0. The third-order valence-corrected chi connectivity index (χ3v) is 4.74. The first-order chi connectivity index (χ1) is 15.3. The molecule has 2 aromatic carbocycles. The normalized spacial score (nSPS) is 13.9. The number of halogens is 1. The Morgan fingerprint density at radius 2 is 1.75 bits per heavy atom. The highest BCUT2D eigenvalue weighted by molar-refractivity contribution is 5.98. The first-order valence-electron chi connectivity index (χ1n) is 10.0. The van der Waals surface area contributed by atoms with Crippen LogP contribution in [0.25, 0.3) is 0 Å². The fraction of sp³-hybridized carbons (Fsp3) is 0.273. The molecule has 3 N–H and O–H groups in total. The van der Waals surface area contributed by atoms with Crippen LogP contribution < -0.4 is 25.8 Å². The topological polar surface area (TPSA) is 117 Å². The van der Waals surface area contributed by atoms with Gasteiger partial charge >= 0.3 is 0 Å². The molecule has 0 radical (unpaired) electrons. The number of anilines is 1. The van der Waals surface area contributed by atoms with Gasteiger partial charge in [0.25, 0.3) is 17.7 Å². The van der Waals surface area contributed by atoms with Crippen molar-refractivity contribution in [2.75, 3.05) is 18.0 Å². The van der Waals surface area contributed by atoms with Gasteiger partial charge in [-0.05, 0) is 61.9 Å². The van der Waals surface area contributed by atoms with E-state index in [0.29, 0.717) is 24.3 Å². The number of nitrogens with one attached hydrogen (secondary N) is 3. The third-order valence-electron chi connectivity index (χ3n) is 4.74. The van der Waals surface area contributed by atoms with Crippen molar-refractivity contribution in [3.63, 3.8) is 0 Å². The number of rotatable bonds is 7. The largest absolute Gasteiger partial charge is 0.481 e. The Labute approximate surface area is 183 Å². The number of hydrogen-bond acceptors (Lipinski definition) is 5. The van der Waals surface area contributed by atoms with Crippen LogP contribution in [0, 0.1) is 5.82 Å². The molecule has 1 saturated heterocycles. The zero-order valence-electron chi connectivity index (χ0n) is 17.4. The van der Waals surface area contributed by atoms with Crippen molar-refractivity contribution in [3.8, 4) is 5.75 Å². The molecule has 32 heavy (non-hydrogen) atoms. The van der Waals surface area contributed by atoms with Crippen molar-refractivity contribution in [2.45, 2.75) is 25.9 Å². The quantitative estimate of drug-likeness (QED) is 0.559. The summed E-state index contributed by atoms with van der Waals surface area (Å²) in [6, 6.07) is 11.7. The van der Waals surface area contributed by atoms with Crippen molar-refractivity contribution in [1.29, 1.82) is 0 Å². The van der Waals surface area contributed by atoms with E-state index in [2.05, 4.69) is 16.2 Å². The predicted octanol–water partition coefficient (Wildman–Crippen LogP) is 1.30. The number of benzene rings is 2. The van der Waals surface area contributed by atoms with Crippen LogP contribution in [-0.2, 0) is 14.4 Å². The summed E-state index contributed by atoms with van der Waals surface area (Å²) in [5.41, 5.74) is 5.43. The second kappa shape index (κ2) is 10.4. The summed E-state index contributed by atoms with van der Waals surface area (Å²) < 4.78 is 18.2. The number of carbonyl (C=O) groups is 4. The Hall–Kier alpha value is -3.95. The van der Waals surface area contributed by atoms with Gasteiger partial charge in [-0.3, -0.25) is 30.0 Å². The molecule has 1 atom stereocenters. The van der Waals surface area contributed by atoms with E-state index in [1.54, 1.807) is 29.2 Å². The maximum atomic E-state index is 12.9. The van der Waals surface area contributed by atoms with E-state index in [-0.39, 0.29) is 12.5 Å². The van der Waals surface area contributed by atoms with Gasteiger partial charge in [-0.2, -0.15) is 0 Å². The number of nitrogens with zero attached hydrogens (tertiary/aromatic N) is 1. The Balaban J connectivity index is 1.40. The lowest BCUT2D eigenvalue weighted by molar-refractivity contribution is -0.132. The van der Waals surface area contributed by atoms with Crippen molar-refractivity contribution < 1.29 is 28.3 Å². The minimum absolute atomic E-state index is 0.0540. The van der Waals surface area contributed by atoms with Gasteiger partial charge in [-0.1, -0.05) is 0 Å². The smallest absolute Gasteiger partial charge is 0.279 e. The summed E-state index contributed by atoms with van der Waals surface area (Å²) in [4.78, 5) is 49.6. The molecule has 1 heterocycles. The van der Waals surface area contributed by atoms with Gasteiger partial charge in [-0.25, -0.2) is 4.39 Å². The lowest BCUT2D eigenvalue weighted by Gasteiger charge is -2.16. The summed E-state index contributed by atoms with van der Waals surface area (Å²) in [5.74, 6) is -1.81. The average molecular weight is 442 g/mol. The minimum atomic E-state index is -0.948. The maximum absolute atomic E-state index is 12.9. The summed E-state index contributed by atoms with van der Waals surface area (Å²) in [7, 11) is 0. The number of ether oxygens (including phenoxy) is 1. The second-order valence-electron chi connectivity index (χ2n) is 7.13. The van der Waals surface area contributed by atoms with Crippen LogP contribution in [-0.4, -0.2) is 42.8 Å². The molecule has 10 heteroatoms. The lowest BCUT2D eigenvalue weighted by atomic mass is 10.2. The Kier molecular flexibility index (Phi) is 7.37. The van der Waals surface area contributed by atoms with E-state index in [4.69, 9.17) is 4.74 Å². The average Bonchev–Trinajstić information content (AvgIpc) is 3.23. The Morgan fingerprint density at radius 3 is 2.38 bits per heavy atom. The molecule has 1 unspecified atom stereocenters. The lowest BCUT2D eigenvalue weighted by Crippen LogP contribution is -2.50. The van der Waals surface area contributed by atoms with Crippen molar-refractivity contribution >= 4 is 29.3 Å². The van der Waals surface area contributed by atoms with Gasteiger partial charge in [0, 0.05) is 24.2 Å². The fourth-order valence-electron chi connectivity index (χ4n) is 3.02. The summed E-state index contributed by atoms with van der Waals surface area (Å²) in [6.45, 7) is 1.76. The number of amides is 4. The molecule has 0 saturated carbocycles. The second-order valence-corrected chi connectivity index (χ2v) is 7.13. The molecule has 1 aliphatic rings. The van der Waals surface area contributed by atoms with E-state index < -0.39 is 29.6 Å². The highest BCUT2D eigenvalue weighted by Gasteiger charge is 2.22. The summed E-state index contributed by atoms with van der Waals surface area (Å²) in [6.07, 6.45) is 0.380. The van der Waals surface area contributed by atoms with Crippen LogP contribution in [0.2, 0.25) is 0 Å². The van der Waals surface area contributed by atoms with Gasteiger partial charge in [0.2, 0.25) is 5.91 Å². The number of hydrazine groups is 1. The zero-order chi connectivity index (χ0) is 23.1. The van der Waals surface area contributed by atoms with E-state index in [1.165, 1.54) is 31.2 Å². The molecular formula is C22H23FN4O5. The van der Waals surface area contributed by atoms with Gasteiger partial charge in [0.15, 0.2) is 6.10 Å². The SMILES string of the molecule is CC(Oc1ccc(F)cc1)C(=O)NNC(=O)CNC(=O)c1ccc(N2CCCC2=O)cc1. The van der Waals surface area contributed by atoms with E-state index >= 15 is 0 Å². The Morgan fingerprint density at radius 1 is 1.06 bits per heavy atom. The van der Waals surface area contributed by atoms with Crippen LogP contribution in [0.1, 0.15) is 30.1 Å². The molecule has 0 aromatic heterocycles. The molecule has 1 fully saturated rings. The number of hydrogen-bond donors (Lipinski definition) is 3. The summed E-state index contributed by atoms with van der Waals surface area (Å²) in [5, 5.41) is 2.45. The van der Waals surface area contributed by atoms with Crippen molar-refractivity contribution in [2.24, 2.45) is 0 Å². The molecular weight excluding hydrogens is 419 g/mol. The molecule has 9 nitrogen and oxygen atoms in total. The van der Waals surface area contributed by atoms with Gasteiger partial charge in [0.1, 0.15) is 11.6 Å². The molecule has 0 bridgehead atoms. The van der Waals surface area contributed by atoms with Crippen LogP contribution >= 0.6 is 0 Å². The highest BCUT2D eigenvalue weighted by atomic mass is 19.1. The molecule has 0 aliphatic carbocycles. The standard InChI is InChI=1S/C22H23FN4O5/c1-14(32-18-10-6-16(23)7-11-18)21(30)26-25-19(28)13-24-22(31)15-4-8-17(9-5-15)27-12-2-3-20(27)29/h4-11,14H,2-3,12-13H2,1H3,(H,24,31)(H,25,28)(H,26,30). The monoisotopic (exact) mass is 442 g/mol. The molecule has 3 rings (SSSR count). The summed E-state index contributed by atoms with van der Waals surface area (Å²) >= 11 is 0. The van der Waals surface area contributed by atoms with E-state index in [9.17, 15) is 23.6 Å². The predicted molar refractivity (Wildman–Crippen MR) is 113 cm³/mol. The van der Waals surface area contributed by atoms with Crippen LogP contribution in [0.15, 0.2) is 48.5 Å². The molecule has 168 valence electrons. The van der Waals surface area contributed by atoms with Crippen LogP contribution in [0.5, 0.6) is 5.75 Å². The van der Waals surface area contributed by atoms with Gasteiger partial charge in [0.05, 0.1) is 6.54 Å². The van der Waals surface area contributed by atoms with Gasteiger partial charge < -0.3 is 15.0 Å². The molecule has 1 aliphatic heterocycles. The van der Waals surface area contributed by atoms with E-state index in [0.717, 1.165) is 12.1 Å². The number of carbonyl (C=O) groups excluding carboxylic acids is 4. The maximum Gasteiger partial charge on any atom is 0.279 e. The minimum Gasteiger partial charge on any atom is -0.481 e. The van der Waals surface area contributed by atoms with Gasteiger partial charge in [-0.15, -0.1) is 0 Å². The first kappa shape index (κ1) is 22.7.